The Morgan fingerprint density at radius 2 is 1.92 bits per heavy atom. The predicted molar refractivity (Wildman–Crippen MR) is 52.9 cm³/mol. The summed E-state index contributed by atoms with van der Waals surface area (Å²) in [4.78, 5) is 0. The van der Waals surface area contributed by atoms with Crippen LogP contribution in [0.1, 0.15) is 44.9 Å². The molecule has 0 heterocycles. The van der Waals surface area contributed by atoms with Crippen LogP contribution in [0.15, 0.2) is 0 Å². The van der Waals surface area contributed by atoms with E-state index in [9.17, 15) is 0 Å². The monoisotopic (exact) mass is 170 g/mol. The van der Waals surface area contributed by atoms with Gasteiger partial charge >= 0.3 is 0 Å². The molecule has 0 saturated heterocycles. The van der Waals surface area contributed by atoms with E-state index in [0.29, 0.717) is 6.67 Å². The molecule has 1 fully saturated rings. The molecule has 0 spiro atoms. The molecule has 3 N–H and O–H groups in total. The Kier molecular flexibility index (Phi) is 5.37. The molecule has 12 heavy (non-hydrogen) atoms. The van der Waals surface area contributed by atoms with Gasteiger partial charge in [0.1, 0.15) is 0 Å². The highest BCUT2D eigenvalue weighted by Gasteiger charge is 2.13. The summed E-state index contributed by atoms with van der Waals surface area (Å²) in [5.74, 6) is 1.06. The molecule has 2 nitrogen and oxygen atoms in total. The molecule has 0 radical (unpaired) electrons. The third-order valence-electron chi connectivity index (χ3n) is 2.84. The molecule has 0 aromatic rings. The van der Waals surface area contributed by atoms with Gasteiger partial charge in [0, 0.05) is 6.67 Å². The first-order chi connectivity index (χ1) is 5.93. The molecular weight excluding hydrogens is 148 g/mol. The molecule has 0 atom stereocenters. The Morgan fingerprint density at radius 3 is 2.58 bits per heavy atom. The molecular formula is C10H22N2. The highest BCUT2D eigenvalue weighted by molar-refractivity contribution is 4.67. The molecule has 0 aromatic carbocycles. The second-order valence-corrected chi connectivity index (χ2v) is 3.85. The van der Waals surface area contributed by atoms with Crippen LogP contribution in [-0.2, 0) is 0 Å². The third kappa shape index (κ3) is 4.07. The summed E-state index contributed by atoms with van der Waals surface area (Å²) in [6, 6.07) is 0. The lowest BCUT2D eigenvalue weighted by molar-refractivity contribution is 0.467. The second-order valence-electron chi connectivity index (χ2n) is 3.85. The zero-order valence-corrected chi connectivity index (χ0v) is 8.02. The van der Waals surface area contributed by atoms with Crippen LogP contribution >= 0.6 is 0 Å². The van der Waals surface area contributed by atoms with Crippen molar-refractivity contribution in [3.8, 4) is 0 Å². The molecule has 1 aliphatic rings. The summed E-state index contributed by atoms with van der Waals surface area (Å²) in [5, 5.41) is 3.15. The lowest BCUT2D eigenvalue weighted by Gasteiger charge is -2.07. The number of hydrogen-bond donors (Lipinski definition) is 2. The van der Waals surface area contributed by atoms with Gasteiger partial charge in [0.05, 0.1) is 0 Å². The maximum atomic E-state index is 5.32. The lowest BCUT2D eigenvalue weighted by atomic mass is 10.0. The van der Waals surface area contributed by atoms with E-state index in [1.807, 2.05) is 0 Å². The van der Waals surface area contributed by atoms with Crippen LogP contribution in [0.25, 0.3) is 0 Å². The first-order valence-electron chi connectivity index (χ1n) is 5.34. The van der Waals surface area contributed by atoms with E-state index in [-0.39, 0.29) is 0 Å². The van der Waals surface area contributed by atoms with Crippen molar-refractivity contribution in [1.29, 1.82) is 0 Å². The van der Waals surface area contributed by atoms with E-state index in [1.165, 1.54) is 44.9 Å². The maximum absolute atomic E-state index is 5.32. The van der Waals surface area contributed by atoms with Crippen molar-refractivity contribution in [2.45, 2.75) is 44.9 Å². The summed E-state index contributed by atoms with van der Waals surface area (Å²) >= 11 is 0. The molecule has 1 aliphatic carbocycles. The average Bonchev–Trinajstić information content (AvgIpc) is 2.57. The van der Waals surface area contributed by atoms with Gasteiger partial charge < -0.3 is 11.1 Å². The van der Waals surface area contributed by atoms with Crippen molar-refractivity contribution in [2.24, 2.45) is 11.7 Å². The highest BCUT2D eigenvalue weighted by Crippen LogP contribution is 2.28. The van der Waals surface area contributed by atoms with E-state index in [0.717, 1.165) is 12.5 Å². The van der Waals surface area contributed by atoms with Gasteiger partial charge in [0.25, 0.3) is 0 Å². The van der Waals surface area contributed by atoms with Crippen molar-refractivity contribution in [1.82, 2.24) is 5.32 Å². The van der Waals surface area contributed by atoms with E-state index in [4.69, 9.17) is 5.73 Å². The van der Waals surface area contributed by atoms with Crippen LogP contribution in [0.4, 0.5) is 0 Å². The van der Waals surface area contributed by atoms with Gasteiger partial charge in [-0.05, 0) is 18.9 Å². The smallest absolute Gasteiger partial charge is 0.0428 e. The Balaban J connectivity index is 1.81. The molecule has 0 aliphatic heterocycles. The van der Waals surface area contributed by atoms with Crippen molar-refractivity contribution in [2.75, 3.05) is 13.2 Å². The van der Waals surface area contributed by atoms with E-state index in [2.05, 4.69) is 5.32 Å². The Morgan fingerprint density at radius 1 is 1.17 bits per heavy atom. The third-order valence-corrected chi connectivity index (χ3v) is 2.84. The molecule has 1 rings (SSSR count). The SMILES string of the molecule is NCNCCCCC1CCCC1. The number of rotatable bonds is 6. The van der Waals surface area contributed by atoms with Gasteiger partial charge in [-0.1, -0.05) is 38.5 Å². The van der Waals surface area contributed by atoms with Crippen LogP contribution in [0.3, 0.4) is 0 Å². The zero-order chi connectivity index (χ0) is 8.65. The minimum absolute atomic E-state index is 0.628. The minimum Gasteiger partial charge on any atom is -0.318 e. The van der Waals surface area contributed by atoms with E-state index < -0.39 is 0 Å². The topological polar surface area (TPSA) is 38.0 Å². The fraction of sp³-hybridized carbons (Fsp3) is 1.00. The van der Waals surface area contributed by atoms with E-state index in [1.54, 1.807) is 0 Å². The van der Waals surface area contributed by atoms with Crippen LogP contribution in [0, 0.1) is 5.92 Å². The fourth-order valence-electron chi connectivity index (χ4n) is 2.08. The molecule has 72 valence electrons. The van der Waals surface area contributed by atoms with Crippen LogP contribution < -0.4 is 11.1 Å². The summed E-state index contributed by atoms with van der Waals surface area (Å²) in [5.41, 5.74) is 5.32. The molecule has 2 heteroatoms. The predicted octanol–water partition coefficient (Wildman–Crippen LogP) is 1.85. The molecule has 0 aromatic heterocycles. The van der Waals surface area contributed by atoms with Crippen LogP contribution in [0.2, 0.25) is 0 Å². The first-order valence-corrected chi connectivity index (χ1v) is 5.34. The molecule has 0 amide bonds. The second kappa shape index (κ2) is 6.44. The van der Waals surface area contributed by atoms with Gasteiger partial charge in [-0.3, -0.25) is 0 Å². The first kappa shape index (κ1) is 10.0. The molecule has 0 bridgehead atoms. The largest absolute Gasteiger partial charge is 0.318 e. The highest BCUT2D eigenvalue weighted by atomic mass is 14.9. The number of hydrogen-bond acceptors (Lipinski definition) is 2. The quantitative estimate of drug-likeness (QED) is 0.471. The fourth-order valence-corrected chi connectivity index (χ4v) is 2.08. The van der Waals surface area contributed by atoms with Gasteiger partial charge in [-0.15, -0.1) is 0 Å². The lowest BCUT2D eigenvalue weighted by Crippen LogP contribution is -2.23. The zero-order valence-electron chi connectivity index (χ0n) is 8.02. The van der Waals surface area contributed by atoms with Gasteiger partial charge in [0.2, 0.25) is 0 Å². The number of nitrogens with two attached hydrogens (primary N) is 1. The van der Waals surface area contributed by atoms with Crippen molar-refractivity contribution >= 4 is 0 Å². The average molecular weight is 170 g/mol. The number of nitrogens with one attached hydrogen (secondary N) is 1. The Labute approximate surface area is 75.9 Å². The van der Waals surface area contributed by atoms with Crippen molar-refractivity contribution in [3.05, 3.63) is 0 Å². The molecule has 1 saturated carbocycles. The minimum atomic E-state index is 0.628. The summed E-state index contributed by atoms with van der Waals surface area (Å²) in [6.45, 7) is 1.73. The summed E-state index contributed by atoms with van der Waals surface area (Å²) in [7, 11) is 0. The maximum Gasteiger partial charge on any atom is 0.0428 e. The van der Waals surface area contributed by atoms with E-state index >= 15 is 0 Å². The van der Waals surface area contributed by atoms with Crippen LogP contribution in [0.5, 0.6) is 0 Å². The Bertz CT molecular complexity index is 98.0. The van der Waals surface area contributed by atoms with Gasteiger partial charge in [0.15, 0.2) is 0 Å². The van der Waals surface area contributed by atoms with Gasteiger partial charge in [-0.2, -0.15) is 0 Å². The van der Waals surface area contributed by atoms with Crippen molar-refractivity contribution < 1.29 is 0 Å². The summed E-state index contributed by atoms with van der Waals surface area (Å²) < 4.78 is 0. The number of unbranched alkanes of at least 4 members (excludes halogenated alkanes) is 1. The normalized spacial score (nSPS) is 18.8. The van der Waals surface area contributed by atoms with Crippen molar-refractivity contribution in [3.63, 3.8) is 0 Å². The summed E-state index contributed by atoms with van der Waals surface area (Å²) in [6.07, 6.45) is 10.1. The van der Waals surface area contributed by atoms with Gasteiger partial charge in [-0.25, -0.2) is 0 Å². The molecule has 0 unspecified atom stereocenters. The standard InChI is InChI=1S/C10H22N2/c11-9-12-8-4-3-7-10-5-1-2-6-10/h10,12H,1-9,11H2. The van der Waals surface area contributed by atoms with Crippen LogP contribution in [-0.4, -0.2) is 13.2 Å². The Hall–Kier alpha value is -0.0800.